The zero-order valence-corrected chi connectivity index (χ0v) is 9.66. The molecule has 0 unspecified atom stereocenters. The number of nitrogens with one attached hydrogen (secondary N) is 1. The van der Waals surface area contributed by atoms with Gasteiger partial charge >= 0.3 is 5.97 Å². The van der Waals surface area contributed by atoms with E-state index in [-0.39, 0.29) is 5.41 Å². The summed E-state index contributed by atoms with van der Waals surface area (Å²) in [5, 5.41) is 10.0. The average Bonchev–Trinajstić information content (AvgIpc) is 2.59. The molecule has 3 nitrogen and oxygen atoms in total. The largest absolute Gasteiger partial charge is 0.478 e. The summed E-state index contributed by atoms with van der Waals surface area (Å²) < 4.78 is 0. The van der Waals surface area contributed by atoms with E-state index in [2.05, 4.69) is 25.8 Å². The van der Waals surface area contributed by atoms with E-state index < -0.39 is 5.97 Å². The van der Waals surface area contributed by atoms with Crippen LogP contribution < -0.4 is 0 Å². The number of carbonyl (C=O) groups is 1. The minimum absolute atomic E-state index is 0.00517. The maximum Gasteiger partial charge on any atom is 0.337 e. The third-order valence-corrected chi connectivity index (χ3v) is 2.69. The highest BCUT2D eigenvalue weighted by molar-refractivity contribution is 6.02. The van der Waals surface area contributed by atoms with Gasteiger partial charge in [-0.25, -0.2) is 4.79 Å². The van der Waals surface area contributed by atoms with Crippen molar-refractivity contribution >= 4 is 16.9 Å². The molecule has 2 N–H and O–H groups in total. The van der Waals surface area contributed by atoms with Crippen LogP contribution in [0.3, 0.4) is 0 Å². The fraction of sp³-hybridized carbons (Fsp3) is 0.308. The summed E-state index contributed by atoms with van der Waals surface area (Å²) in [4.78, 5) is 14.3. The molecule has 0 fully saturated rings. The van der Waals surface area contributed by atoms with Gasteiger partial charge in [0.15, 0.2) is 0 Å². The van der Waals surface area contributed by atoms with Gasteiger partial charge in [0.05, 0.1) is 11.1 Å². The number of para-hydroxylation sites is 1. The van der Waals surface area contributed by atoms with Crippen LogP contribution in [0, 0.1) is 0 Å². The Morgan fingerprint density at radius 2 is 2.00 bits per heavy atom. The third-order valence-electron chi connectivity index (χ3n) is 2.69. The second-order valence-corrected chi connectivity index (χ2v) is 5.01. The Morgan fingerprint density at radius 3 is 2.56 bits per heavy atom. The maximum absolute atomic E-state index is 11.1. The zero-order valence-electron chi connectivity index (χ0n) is 9.66. The van der Waals surface area contributed by atoms with Crippen LogP contribution in [0.25, 0.3) is 10.9 Å². The molecular formula is C13H15NO2. The number of rotatable bonds is 1. The molecule has 0 atom stereocenters. The molecule has 16 heavy (non-hydrogen) atoms. The lowest BCUT2D eigenvalue weighted by Gasteiger charge is -2.15. The van der Waals surface area contributed by atoms with Crippen molar-refractivity contribution in [1.29, 1.82) is 0 Å². The Bertz CT molecular complexity index is 547. The van der Waals surface area contributed by atoms with Gasteiger partial charge in [-0.2, -0.15) is 0 Å². The van der Waals surface area contributed by atoms with Crippen LogP contribution >= 0.6 is 0 Å². The Morgan fingerprint density at radius 1 is 1.31 bits per heavy atom. The number of carboxylic acids is 1. The second-order valence-electron chi connectivity index (χ2n) is 5.01. The fourth-order valence-electron chi connectivity index (χ4n) is 1.74. The lowest BCUT2D eigenvalue weighted by molar-refractivity contribution is 0.0699. The molecule has 0 saturated heterocycles. The molecule has 0 bridgehead atoms. The molecule has 1 aromatic heterocycles. The first-order valence-corrected chi connectivity index (χ1v) is 5.25. The lowest BCUT2D eigenvalue weighted by atomic mass is 9.92. The summed E-state index contributed by atoms with van der Waals surface area (Å²) >= 11 is 0. The van der Waals surface area contributed by atoms with E-state index in [9.17, 15) is 4.79 Å². The first-order chi connectivity index (χ1) is 7.39. The van der Waals surface area contributed by atoms with Crippen molar-refractivity contribution in [3.05, 3.63) is 35.5 Å². The normalized spacial score (nSPS) is 11.9. The van der Waals surface area contributed by atoms with Gasteiger partial charge in [-0.05, 0) is 12.1 Å². The zero-order chi connectivity index (χ0) is 11.9. The smallest absolute Gasteiger partial charge is 0.337 e. The molecule has 0 spiro atoms. The lowest BCUT2D eigenvalue weighted by Crippen LogP contribution is -2.11. The molecule has 0 aliphatic heterocycles. The summed E-state index contributed by atoms with van der Waals surface area (Å²) in [6.07, 6.45) is 0. The highest BCUT2D eigenvalue weighted by Gasteiger charge is 2.18. The number of hydrogen-bond donors (Lipinski definition) is 2. The number of aromatic carboxylic acids is 1. The van der Waals surface area contributed by atoms with E-state index >= 15 is 0 Å². The van der Waals surface area contributed by atoms with Crippen molar-refractivity contribution in [2.75, 3.05) is 0 Å². The van der Waals surface area contributed by atoms with Crippen molar-refractivity contribution in [3.8, 4) is 0 Å². The Hall–Kier alpha value is -1.77. The monoisotopic (exact) mass is 217 g/mol. The van der Waals surface area contributed by atoms with Crippen LogP contribution in [0.2, 0.25) is 0 Å². The molecule has 1 heterocycles. The molecule has 84 valence electrons. The number of hydrogen-bond acceptors (Lipinski definition) is 1. The molecule has 2 rings (SSSR count). The van der Waals surface area contributed by atoms with Crippen LogP contribution in [0.1, 0.15) is 36.8 Å². The Kier molecular flexibility index (Phi) is 2.26. The van der Waals surface area contributed by atoms with E-state index in [1.807, 2.05) is 12.1 Å². The van der Waals surface area contributed by atoms with E-state index in [1.54, 1.807) is 12.1 Å². The first-order valence-electron chi connectivity index (χ1n) is 5.25. The van der Waals surface area contributed by atoms with E-state index in [0.717, 1.165) is 11.1 Å². The number of aromatic nitrogens is 1. The summed E-state index contributed by atoms with van der Waals surface area (Å²) in [6, 6.07) is 7.33. The van der Waals surface area contributed by atoms with Crippen molar-refractivity contribution < 1.29 is 9.90 Å². The minimum atomic E-state index is -0.895. The molecule has 3 heteroatoms. The van der Waals surface area contributed by atoms with E-state index in [0.29, 0.717) is 11.1 Å². The third kappa shape index (κ3) is 1.69. The van der Waals surface area contributed by atoms with Gasteiger partial charge in [0.25, 0.3) is 0 Å². The second kappa shape index (κ2) is 3.37. The van der Waals surface area contributed by atoms with Gasteiger partial charge in [-0.15, -0.1) is 0 Å². The minimum Gasteiger partial charge on any atom is -0.478 e. The molecular weight excluding hydrogens is 202 g/mol. The Balaban J connectivity index is 2.71. The summed E-state index contributed by atoms with van der Waals surface area (Å²) in [7, 11) is 0. The summed E-state index contributed by atoms with van der Waals surface area (Å²) in [5.41, 5.74) is 2.08. The van der Waals surface area contributed by atoms with Gasteiger partial charge in [-0.3, -0.25) is 0 Å². The topological polar surface area (TPSA) is 53.1 Å². The number of H-pyrrole nitrogens is 1. The highest BCUT2D eigenvalue weighted by Crippen LogP contribution is 2.27. The quantitative estimate of drug-likeness (QED) is 0.770. The molecule has 2 aromatic rings. The van der Waals surface area contributed by atoms with Crippen LogP contribution in [0.15, 0.2) is 24.3 Å². The summed E-state index contributed by atoms with van der Waals surface area (Å²) in [5.74, 6) is -0.895. The molecule has 0 aliphatic carbocycles. The molecule has 1 aromatic carbocycles. The van der Waals surface area contributed by atoms with Gasteiger partial charge in [0.2, 0.25) is 0 Å². The summed E-state index contributed by atoms with van der Waals surface area (Å²) in [6.45, 7) is 6.29. The SMILES string of the molecule is CC(C)(C)c1cc2cccc(C(=O)O)c2[nH]1. The van der Waals surface area contributed by atoms with Crippen LogP contribution in [0.4, 0.5) is 0 Å². The highest BCUT2D eigenvalue weighted by atomic mass is 16.4. The van der Waals surface area contributed by atoms with Crippen molar-refractivity contribution in [2.24, 2.45) is 0 Å². The van der Waals surface area contributed by atoms with Crippen molar-refractivity contribution in [3.63, 3.8) is 0 Å². The standard InChI is InChI=1S/C13H15NO2/c1-13(2,3)10-7-8-5-4-6-9(12(15)16)11(8)14-10/h4-7,14H,1-3H3,(H,15,16). The molecule has 0 amide bonds. The van der Waals surface area contributed by atoms with Crippen molar-refractivity contribution in [1.82, 2.24) is 4.98 Å². The average molecular weight is 217 g/mol. The van der Waals surface area contributed by atoms with E-state index in [1.165, 1.54) is 0 Å². The molecule has 0 radical (unpaired) electrons. The first kappa shape index (κ1) is 10.7. The maximum atomic E-state index is 11.1. The number of carboxylic acid groups (broad SMARTS) is 1. The van der Waals surface area contributed by atoms with Gasteiger partial charge < -0.3 is 10.1 Å². The van der Waals surface area contributed by atoms with Gasteiger partial charge in [0.1, 0.15) is 0 Å². The number of aromatic amines is 1. The predicted octanol–water partition coefficient (Wildman–Crippen LogP) is 3.16. The number of benzene rings is 1. The van der Waals surface area contributed by atoms with Crippen LogP contribution in [-0.2, 0) is 5.41 Å². The molecule has 0 saturated carbocycles. The predicted molar refractivity (Wildman–Crippen MR) is 64.0 cm³/mol. The number of fused-ring (bicyclic) bond motifs is 1. The Labute approximate surface area is 94.1 Å². The fourth-order valence-corrected chi connectivity index (χ4v) is 1.74. The van der Waals surface area contributed by atoms with Crippen LogP contribution in [0.5, 0.6) is 0 Å². The molecule has 0 aliphatic rings. The van der Waals surface area contributed by atoms with Crippen molar-refractivity contribution in [2.45, 2.75) is 26.2 Å². The van der Waals surface area contributed by atoms with Gasteiger partial charge in [0, 0.05) is 16.5 Å². The van der Waals surface area contributed by atoms with Crippen LogP contribution in [-0.4, -0.2) is 16.1 Å². The van der Waals surface area contributed by atoms with E-state index in [4.69, 9.17) is 5.11 Å². The van der Waals surface area contributed by atoms with Gasteiger partial charge in [-0.1, -0.05) is 32.9 Å².